The minimum atomic E-state index is -3.91. The maximum atomic E-state index is 12.4. The molecule has 7 heteroatoms. The molecule has 2 aromatic rings. The highest BCUT2D eigenvalue weighted by Crippen LogP contribution is 2.24. The van der Waals surface area contributed by atoms with Crippen molar-refractivity contribution in [1.82, 2.24) is 4.72 Å². The van der Waals surface area contributed by atoms with Gasteiger partial charge in [-0.15, -0.1) is 0 Å². The minimum absolute atomic E-state index is 0.0350. The number of aryl methyl sites for hydroxylation is 1. The summed E-state index contributed by atoms with van der Waals surface area (Å²) in [6.07, 6.45) is 1.33. The average molecular weight is 321 g/mol. The molecule has 2 rings (SSSR count). The maximum absolute atomic E-state index is 12.4. The van der Waals surface area contributed by atoms with Gasteiger partial charge in [-0.2, -0.15) is 4.72 Å². The summed E-state index contributed by atoms with van der Waals surface area (Å²) in [5.41, 5.74) is 0.585. The molecule has 116 valence electrons. The number of furan rings is 1. The molecule has 1 aromatic heterocycles. The molecule has 1 aromatic carbocycles. The average Bonchev–Trinajstić information content (AvgIpc) is 2.98. The standard InChI is InChI=1S/C15H15NO5S/c1-10-5-7-12(8-6-10)22(19,20)16-14(11(2)15(17)18)13-4-3-9-21-13/h3-9,14,16H,2H2,1H3,(H,17,18). The maximum Gasteiger partial charge on any atom is 0.333 e. The second-order valence-electron chi connectivity index (χ2n) is 4.71. The van der Waals surface area contributed by atoms with Crippen molar-refractivity contribution in [3.63, 3.8) is 0 Å². The number of carboxylic acid groups (broad SMARTS) is 1. The van der Waals surface area contributed by atoms with Crippen molar-refractivity contribution in [3.8, 4) is 0 Å². The fourth-order valence-corrected chi connectivity index (χ4v) is 3.02. The molecule has 0 bridgehead atoms. The first kappa shape index (κ1) is 16.0. The van der Waals surface area contributed by atoms with E-state index in [1.54, 1.807) is 12.1 Å². The number of hydrogen-bond acceptors (Lipinski definition) is 4. The first-order valence-corrected chi connectivity index (χ1v) is 7.84. The van der Waals surface area contributed by atoms with Crippen molar-refractivity contribution in [2.75, 3.05) is 0 Å². The Labute approximate surface area is 128 Å². The molecule has 0 saturated heterocycles. The van der Waals surface area contributed by atoms with Crippen LogP contribution in [-0.4, -0.2) is 19.5 Å². The number of nitrogens with one attached hydrogen (secondary N) is 1. The van der Waals surface area contributed by atoms with Gasteiger partial charge in [-0.25, -0.2) is 13.2 Å². The topological polar surface area (TPSA) is 96.6 Å². The van der Waals surface area contributed by atoms with Crippen LogP contribution in [0.25, 0.3) is 0 Å². The van der Waals surface area contributed by atoms with Crippen molar-refractivity contribution < 1.29 is 22.7 Å². The summed E-state index contributed by atoms with van der Waals surface area (Å²) in [6.45, 7) is 5.25. The predicted molar refractivity (Wildman–Crippen MR) is 79.7 cm³/mol. The number of aliphatic carboxylic acids is 1. The number of hydrogen-bond donors (Lipinski definition) is 2. The number of carboxylic acids is 1. The Bertz CT molecular complexity index is 776. The lowest BCUT2D eigenvalue weighted by Gasteiger charge is -2.17. The predicted octanol–water partition coefficient (Wildman–Crippen LogP) is 2.25. The van der Waals surface area contributed by atoms with E-state index >= 15 is 0 Å². The van der Waals surface area contributed by atoms with Gasteiger partial charge in [-0.3, -0.25) is 0 Å². The van der Waals surface area contributed by atoms with E-state index < -0.39 is 22.0 Å². The van der Waals surface area contributed by atoms with Crippen LogP contribution >= 0.6 is 0 Å². The summed E-state index contributed by atoms with van der Waals surface area (Å²) in [4.78, 5) is 11.2. The summed E-state index contributed by atoms with van der Waals surface area (Å²) in [7, 11) is -3.91. The van der Waals surface area contributed by atoms with E-state index in [9.17, 15) is 13.2 Å². The summed E-state index contributed by atoms with van der Waals surface area (Å²) in [5, 5.41) is 9.08. The van der Waals surface area contributed by atoms with Crippen LogP contribution in [0.2, 0.25) is 0 Å². The molecule has 0 aliphatic heterocycles. The fraction of sp³-hybridized carbons (Fsp3) is 0.133. The molecule has 0 amide bonds. The minimum Gasteiger partial charge on any atom is -0.478 e. The van der Waals surface area contributed by atoms with E-state index in [2.05, 4.69) is 11.3 Å². The van der Waals surface area contributed by atoms with Gasteiger partial charge in [0.15, 0.2) is 0 Å². The number of carbonyl (C=O) groups is 1. The lowest BCUT2D eigenvalue weighted by atomic mass is 10.1. The third kappa shape index (κ3) is 3.44. The number of rotatable bonds is 6. The summed E-state index contributed by atoms with van der Waals surface area (Å²) >= 11 is 0. The first-order chi connectivity index (χ1) is 10.3. The Kier molecular flexibility index (Phi) is 4.48. The molecule has 0 aliphatic carbocycles. The van der Waals surface area contributed by atoms with Crippen LogP contribution in [0, 0.1) is 6.92 Å². The third-order valence-electron chi connectivity index (χ3n) is 3.06. The SMILES string of the molecule is C=C(C(=O)O)C(NS(=O)(=O)c1ccc(C)cc1)c1ccco1. The van der Waals surface area contributed by atoms with Gasteiger partial charge in [-0.1, -0.05) is 24.3 Å². The Hall–Kier alpha value is -2.38. The fourth-order valence-electron chi connectivity index (χ4n) is 1.82. The smallest absolute Gasteiger partial charge is 0.333 e. The number of sulfonamides is 1. The molecule has 22 heavy (non-hydrogen) atoms. The Balaban J connectivity index is 2.36. The molecule has 0 fully saturated rings. The van der Waals surface area contributed by atoms with Crippen molar-refractivity contribution in [2.24, 2.45) is 0 Å². The van der Waals surface area contributed by atoms with E-state index in [1.807, 2.05) is 6.92 Å². The Morgan fingerprint density at radius 2 is 1.91 bits per heavy atom. The van der Waals surface area contributed by atoms with Crippen LogP contribution in [-0.2, 0) is 14.8 Å². The third-order valence-corrected chi connectivity index (χ3v) is 4.49. The van der Waals surface area contributed by atoms with Crippen LogP contribution in [0.15, 0.2) is 64.1 Å². The van der Waals surface area contributed by atoms with Crippen molar-refractivity contribution in [1.29, 1.82) is 0 Å². The largest absolute Gasteiger partial charge is 0.478 e. The zero-order chi connectivity index (χ0) is 16.3. The quantitative estimate of drug-likeness (QED) is 0.795. The van der Waals surface area contributed by atoms with Crippen LogP contribution in [0.4, 0.5) is 0 Å². The molecule has 0 aliphatic rings. The van der Waals surface area contributed by atoms with E-state index in [0.717, 1.165) is 5.56 Å². The molecule has 0 spiro atoms. The second-order valence-corrected chi connectivity index (χ2v) is 6.43. The summed E-state index contributed by atoms with van der Waals surface area (Å²) in [5.74, 6) is -1.16. The Morgan fingerprint density at radius 3 is 2.41 bits per heavy atom. The van der Waals surface area contributed by atoms with Crippen LogP contribution in [0.5, 0.6) is 0 Å². The number of benzene rings is 1. The van der Waals surface area contributed by atoms with E-state index in [4.69, 9.17) is 9.52 Å². The zero-order valence-electron chi connectivity index (χ0n) is 11.8. The van der Waals surface area contributed by atoms with Gasteiger partial charge in [0.2, 0.25) is 10.0 Å². The molecule has 1 atom stereocenters. The van der Waals surface area contributed by atoms with Crippen LogP contribution in [0.1, 0.15) is 17.4 Å². The van der Waals surface area contributed by atoms with Crippen molar-refractivity contribution in [3.05, 3.63) is 66.1 Å². The Morgan fingerprint density at radius 1 is 1.27 bits per heavy atom. The van der Waals surface area contributed by atoms with E-state index in [-0.39, 0.29) is 16.2 Å². The van der Waals surface area contributed by atoms with Gasteiger partial charge in [0.05, 0.1) is 16.7 Å². The summed E-state index contributed by atoms with van der Waals surface area (Å²) in [6, 6.07) is 8.04. The molecular weight excluding hydrogens is 306 g/mol. The lowest BCUT2D eigenvalue weighted by Crippen LogP contribution is -2.31. The van der Waals surface area contributed by atoms with Gasteiger partial charge in [0.25, 0.3) is 0 Å². The highest BCUT2D eigenvalue weighted by atomic mass is 32.2. The molecular formula is C15H15NO5S. The molecule has 1 unspecified atom stereocenters. The molecule has 0 radical (unpaired) electrons. The molecule has 0 saturated carbocycles. The monoisotopic (exact) mass is 321 g/mol. The highest BCUT2D eigenvalue weighted by Gasteiger charge is 2.28. The van der Waals surface area contributed by atoms with E-state index in [1.165, 1.54) is 30.5 Å². The van der Waals surface area contributed by atoms with Gasteiger partial charge >= 0.3 is 5.97 Å². The molecule has 2 N–H and O–H groups in total. The normalized spacial score (nSPS) is 12.8. The van der Waals surface area contributed by atoms with Gasteiger partial charge in [0, 0.05) is 0 Å². The first-order valence-electron chi connectivity index (χ1n) is 6.36. The van der Waals surface area contributed by atoms with Crippen LogP contribution in [0.3, 0.4) is 0 Å². The highest BCUT2D eigenvalue weighted by molar-refractivity contribution is 7.89. The van der Waals surface area contributed by atoms with Crippen LogP contribution < -0.4 is 4.72 Å². The van der Waals surface area contributed by atoms with Gasteiger partial charge in [-0.05, 0) is 31.2 Å². The van der Waals surface area contributed by atoms with Gasteiger partial charge in [0.1, 0.15) is 11.8 Å². The molecule has 6 nitrogen and oxygen atoms in total. The zero-order valence-corrected chi connectivity index (χ0v) is 12.6. The van der Waals surface area contributed by atoms with Crippen molar-refractivity contribution >= 4 is 16.0 Å². The van der Waals surface area contributed by atoms with Gasteiger partial charge < -0.3 is 9.52 Å². The van der Waals surface area contributed by atoms with E-state index in [0.29, 0.717) is 0 Å². The van der Waals surface area contributed by atoms with Crippen molar-refractivity contribution in [2.45, 2.75) is 17.9 Å². The lowest BCUT2D eigenvalue weighted by molar-refractivity contribution is -0.133. The molecule has 1 heterocycles. The summed E-state index contributed by atoms with van der Waals surface area (Å²) < 4.78 is 32.2. The second kappa shape index (κ2) is 6.17.